The normalized spacial score (nSPS) is 54.7. The molecule has 2 saturated carbocycles. The Kier molecular flexibility index (Phi) is 0.897. The Morgan fingerprint density at radius 3 is 2.56 bits per heavy atom. The summed E-state index contributed by atoms with van der Waals surface area (Å²) in [5.41, 5.74) is 0. The van der Waals surface area contributed by atoms with Gasteiger partial charge in [0, 0.05) is 0 Å². The molecule has 0 nitrogen and oxygen atoms in total. The molecule has 0 heterocycles. The summed E-state index contributed by atoms with van der Waals surface area (Å²) in [6, 6.07) is 0. The largest absolute Gasteiger partial charge is 0.109 e. The van der Waals surface area contributed by atoms with Crippen molar-refractivity contribution in [2.45, 2.75) is 24.6 Å². The predicted molar refractivity (Wildman–Crippen MR) is 42.3 cm³/mol. The molecule has 0 N–H and O–H groups in total. The SMILES string of the molecule is BC12CCC1[C@H](C=C)C2. The first-order valence-corrected chi connectivity index (χ1v) is 3.89. The van der Waals surface area contributed by atoms with E-state index in [0.717, 1.165) is 17.2 Å². The highest BCUT2D eigenvalue weighted by Gasteiger charge is 2.54. The topological polar surface area (TPSA) is 0 Å². The van der Waals surface area contributed by atoms with Crippen molar-refractivity contribution >= 4 is 7.85 Å². The van der Waals surface area contributed by atoms with E-state index in [1.807, 2.05) is 0 Å². The van der Waals surface area contributed by atoms with Crippen molar-refractivity contribution in [3.8, 4) is 0 Å². The maximum atomic E-state index is 3.83. The van der Waals surface area contributed by atoms with Crippen LogP contribution in [0, 0.1) is 11.8 Å². The number of hydrogen-bond acceptors (Lipinski definition) is 0. The van der Waals surface area contributed by atoms with Gasteiger partial charge in [-0.3, -0.25) is 0 Å². The molecule has 0 aliphatic heterocycles. The van der Waals surface area contributed by atoms with Gasteiger partial charge in [-0.05, 0) is 18.3 Å². The number of fused-ring (bicyclic) bond motifs is 1. The Hall–Kier alpha value is -0.195. The second-order valence-electron chi connectivity index (χ2n) is 3.90. The summed E-state index contributed by atoms with van der Waals surface area (Å²) < 4.78 is 0. The molecule has 0 spiro atoms. The first kappa shape index (κ1) is 5.58. The van der Waals surface area contributed by atoms with E-state index in [-0.39, 0.29) is 0 Å². The third-order valence-corrected chi connectivity index (χ3v) is 3.44. The van der Waals surface area contributed by atoms with Crippen LogP contribution in [0.1, 0.15) is 19.3 Å². The van der Waals surface area contributed by atoms with Crippen LogP contribution in [0.5, 0.6) is 0 Å². The van der Waals surface area contributed by atoms with Crippen LogP contribution in [-0.2, 0) is 0 Å². The Labute approximate surface area is 57.7 Å². The van der Waals surface area contributed by atoms with Crippen molar-refractivity contribution in [1.82, 2.24) is 0 Å². The standard InChI is InChI=1S/C8H13B/c1-2-6-5-8(9)4-3-7(6)8/h2,6-7H,1,3-5,9H2/t6-,7?,8?/m1/s1. The van der Waals surface area contributed by atoms with Gasteiger partial charge in [-0.1, -0.05) is 24.2 Å². The summed E-state index contributed by atoms with van der Waals surface area (Å²) in [6.45, 7) is 3.83. The lowest BCUT2D eigenvalue weighted by Crippen LogP contribution is -2.49. The van der Waals surface area contributed by atoms with Crippen molar-refractivity contribution in [3.05, 3.63) is 12.7 Å². The van der Waals surface area contributed by atoms with Gasteiger partial charge in [0.1, 0.15) is 7.85 Å². The quantitative estimate of drug-likeness (QED) is 0.362. The maximum absolute atomic E-state index is 3.83. The van der Waals surface area contributed by atoms with Crippen LogP contribution >= 0.6 is 0 Å². The summed E-state index contributed by atoms with van der Waals surface area (Å²) in [5, 5.41) is 0.763. The molecule has 0 radical (unpaired) electrons. The van der Waals surface area contributed by atoms with E-state index in [1.54, 1.807) is 0 Å². The van der Waals surface area contributed by atoms with Crippen LogP contribution in [0.15, 0.2) is 12.7 Å². The van der Waals surface area contributed by atoms with Crippen molar-refractivity contribution in [2.24, 2.45) is 11.8 Å². The van der Waals surface area contributed by atoms with Gasteiger partial charge in [0.25, 0.3) is 0 Å². The fourth-order valence-corrected chi connectivity index (χ4v) is 2.56. The van der Waals surface area contributed by atoms with Crippen LogP contribution in [0.2, 0.25) is 5.31 Å². The van der Waals surface area contributed by atoms with E-state index < -0.39 is 0 Å². The molecular weight excluding hydrogens is 107 g/mol. The molecule has 2 aliphatic rings. The first-order valence-electron chi connectivity index (χ1n) is 3.89. The highest BCUT2D eigenvalue weighted by molar-refractivity contribution is 6.17. The van der Waals surface area contributed by atoms with E-state index in [4.69, 9.17) is 0 Å². The smallest absolute Gasteiger partial charge is 0.103 e. The third kappa shape index (κ3) is 0.506. The molecule has 0 aromatic carbocycles. The minimum atomic E-state index is 0.763. The molecule has 48 valence electrons. The van der Waals surface area contributed by atoms with Crippen LogP contribution in [-0.4, -0.2) is 7.85 Å². The highest BCUT2D eigenvalue weighted by atomic mass is 14.6. The molecule has 9 heavy (non-hydrogen) atoms. The van der Waals surface area contributed by atoms with E-state index >= 15 is 0 Å². The van der Waals surface area contributed by atoms with E-state index in [0.29, 0.717) is 0 Å². The van der Waals surface area contributed by atoms with Crippen LogP contribution in [0.3, 0.4) is 0 Å². The van der Waals surface area contributed by atoms with Gasteiger partial charge in [-0.25, -0.2) is 0 Å². The molecule has 1 heteroatoms. The van der Waals surface area contributed by atoms with Gasteiger partial charge in [0.15, 0.2) is 0 Å². The monoisotopic (exact) mass is 120 g/mol. The molecule has 2 rings (SSSR count). The molecule has 0 aromatic rings. The Balaban J connectivity index is 2.05. The van der Waals surface area contributed by atoms with Gasteiger partial charge < -0.3 is 0 Å². The van der Waals surface area contributed by atoms with Gasteiger partial charge >= 0.3 is 0 Å². The summed E-state index contributed by atoms with van der Waals surface area (Å²) >= 11 is 0. The second-order valence-corrected chi connectivity index (χ2v) is 3.90. The number of allylic oxidation sites excluding steroid dienone is 1. The predicted octanol–water partition coefficient (Wildman–Crippen LogP) is 1.39. The van der Waals surface area contributed by atoms with Crippen molar-refractivity contribution in [3.63, 3.8) is 0 Å². The molecule has 0 aromatic heterocycles. The van der Waals surface area contributed by atoms with Gasteiger partial charge in [0.05, 0.1) is 0 Å². The van der Waals surface area contributed by atoms with E-state index in [1.165, 1.54) is 19.3 Å². The Morgan fingerprint density at radius 1 is 1.67 bits per heavy atom. The number of rotatable bonds is 1. The lowest BCUT2D eigenvalue weighted by Gasteiger charge is -2.61. The molecule has 2 aliphatic carbocycles. The highest BCUT2D eigenvalue weighted by Crippen LogP contribution is 2.68. The third-order valence-electron chi connectivity index (χ3n) is 3.44. The number of hydrogen-bond donors (Lipinski definition) is 0. The average molecular weight is 120 g/mol. The minimum Gasteiger partial charge on any atom is -0.103 e. The lowest BCUT2D eigenvalue weighted by molar-refractivity contribution is 0.0229. The summed E-state index contributed by atoms with van der Waals surface area (Å²) in [7, 11) is 2.42. The summed E-state index contributed by atoms with van der Waals surface area (Å²) in [4.78, 5) is 0. The van der Waals surface area contributed by atoms with Crippen molar-refractivity contribution < 1.29 is 0 Å². The summed E-state index contributed by atoms with van der Waals surface area (Å²) in [6.07, 6.45) is 6.50. The van der Waals surface area contributed by atoms with Crippen LogP contribution < -0.4 is 0 Å². The van der Waals surface area contributed by atoms with E-state index in [2.05, 4.69) is 20.5 Å². The zero-order valence-corrected chi connectivity index (χ0v) is 6.06. The Bertz CT molecular complexity index is 153. The van der Waals surface area contributed by atoms with E-state index in [9.17, 15) is 0 Å². The summed E-state index contributed by atoms with van der Waals surface area (Å²) in [5.74, 6) is 1.90. The Morgan fingerprint density at radius 2 is 2.44 bits per heavy atom. The lowest BCUT2D eigenvalue weighted by atomic mass is 9.35. The average Bonchev–Trinajstić information content (AvgIpc) is 1.85. The molecule has 0 bridgehead atoms. The van der Waals surface area contributed by atoms with Gasteiger partial charge in [-0.2, -0.15) is 0 Å². The first-order chi connectivity index (χ1) is 4.26. The zero-order chi connectivity index (χ0) is 6.48. The molecular formula is C8H13B. The fourth-order valence-electron chi connectivity index (χ4n) is 2.56. The molecule has 0 saturated heterocycles. The zero-order valence-electron chi connectivity index (χ0n) is 6.06. The van der Waals surface area contributed by atoms with Crippen LogP contribution in [0.25, 0.3) is 0 Å². The minimum absolute atomic E-state index is 0.763. The van der Waals surface area contributed by atoms with Gasteiger partial charge in [0.2, 0.25) is 0 Å². The van der Waals surface area contributed by atoms with Gasteiger partial charge in [-0.15, -0.1) is 6.58 Å². The van der Waals surface area contributed by atoms with Crippen molar-refractivity contribution in [2.75, 3.05) is 0 Å². The van der Waals surface area contributed by atoms with Crippen LogP contribution in [0.4, 0.5) is 0 Å². The molecule has 2 unspecified atom stereocenters. The maximum Gasteiger partial charge on any atom is 0.109 e. The molecule has 0 amide bonds. The molecule has 3 atom stereocenters. The fraction of sp³-hybridized carbons (Fsp3) is 0.750. The van der Waals surface area contributed by atoms with Crippen molar-refractivity contribution in [1.29, 1.82) is 0 Å². The second kappa shape index (κ2) is 1.45. The molecule has 2 fully saturated rings.